The Bertz CT molecular complexity index is 806. The first kappa shape index (κ1) is 16.0. The van der Waals surface area contributed by atoms with E-state index in [1.165, 1.54) is 0 Å². The molecule has 0 bridgehead atoms. The van der Waals surface area contributed by atoms with Crippen LogP contribution in [0.1, 0.15) is 31.4 Å². The van der Waals surface area contributed by atoms with Crippen molar-refractivity contribution in [3.8, 4) is 6.07 Å². The van der Waals surface area contributed by atoms with Gasteiger partial charge in [-0.1, -0.05) is 0 Å². The van der Waals surface area contributed by atoms with E-state index in [9.17, 15) is 5.26 Å². The van der Waals surface area contributed by atoms with Crippen LogP contribution >= 0.6 is 0 Å². The molecule has 1 aliphatic heterocycles. The number of nitrogens with zero attached hydrogens (tertiary/aromatic N) is 4. The molecule has 1 atom stereocenters. The third-order valence-electron chi connectivity index (χ3n) is 4.69. The topological polar surface area (TPSA) is 122 Å². The van der Waals surface area contributed by atoms with E-state index in [0.29, 0.717) is 35.6 Å². The van der Waals surface area contributed by atoms with Gasteiger partial charge < -0.3 is 21.1 Å². The number of nitrogens with two attached hydrogens (primary N) is 1. The fourth-order valence-electron chi connectivity index (χ4n) is 3.28. The van der Waals surface area contributed by atoms with Crippen molar-refractivity contribution >= 4 is 22.7 Å². The largest absolute Gasteiger partial charge is 0.379 e. The Morgan fingerprint density at radius 2 is 2.12 bits per heavy atom. The van der Waals surface area contributed by atoms with Crippen LogP contribution in [0, 0.1) is 11.3 Å². The van der Waals surface area contributed by atoms with Crippen molar-refractivity contribution in [1.29, 1.82) is 5.26 Å². The molecule has 0 amide bonds. The average Bonchev–Trinajstić information content (AvgIpc) is 2.61. The molecule has 4 N–H and O–H groups in total. The van der Waals surface area contributed by atoms with Gasteiger partial charge in [-0.15, -0.1) is 0 Å². The summed E-state index contributed by atoms with van der Waals surface area (Å²) in [6.45, 7) is 1.43. The summed E-state index contributed by atoms with van der Waals surface area (Å²) in [6, 6.07) is 4.57. The maximum atomic E-state index is 9.24. The van der Waals surface area contributed by atoms with Crippen molar-refractivity contribution < 1.29 is 4.74 Å². The Morgan fingerprint density at radius 1 is 1.24 bits per heavy atom. The van der Waals surface area contributed by atoms with Gasteiger partial charge in [-0.05, 0) is 31.7 Å². The molecule has 130 valence electrons. The molecular formula is C17H21N7O. The number of hydrogen-bond donors (Lipinski definition) is 3. The molecule has 2 fully saturated rings. The van der Waals surface area contributed by atoms with E-state index in [0.717, 1.165) is 37.7 Å². The van der Waals surface area contributed by atoms with Crippen molar-refractivity contribution in [1.82, 2.24) is 15.0 Å². The SMILES string of the molecule is N#Cc1cc2cnc(NC3CC(N)C3)nc2c(NC2CCCOC2)n1. The van der Waals surface area contributed by atoms with Gasteiger partial charge in [-0.2, -0.15) is 5.26 Å². The van der Waals surface area contributed by atoms with Crippen LogP contribution in [-0.4, -0.2) is 46.3 Å². The quantitative estimate of drug-likeness (QED) is 0.764. The first-order chi connectivity index (χ1) is 12.2. The van der Waals surface area contributed by atoms with E-state index in [2.05, 4.69) is 31.7 Å². The molecule has 25 heavy (non-hydrogen) atoms. The number of nitriles is 1. The fourth-order valence-corrected chi connectivity index (χ4v) is 3.28. The van der Waals surface area contributed by atoms with Gasteiger partial charge in [-0.25, -0.2) is 15.0 Å². The Hall–Kier alpha value is -2.50. The molecule has 2 aliphatic rings. The minimum Gasteiger partial charge on any atom is -0.379 e. The van der Waals surface area contributed by atoms with Gasteiger partial charge in [0.2, 0.25) is 5.95 Å². The minimum atomic E-state index is 0.175. The van der Waals surface area contributed by atoms with Crippen LogP contribution in [0.2, 0.25) is 0 Å². The van der Waals surface area contributed by atoms with Gasteiger partial charge in [0.1, 0.15) is 17.3 Å². The maximum absolute atomic E-state index is 9.24. The summed E-state index contributed by atoms with van der Waals surface area (Å²) in [5, 5.41) is 16.7. The molecule has 3 heterocycles. The lowest BCUT2D eigenvalue weighted by Gasteiger charge is -2.32. The lowest BCUT2D eigenvalue weighted by atomic mass is 9.88. The van der Waals surface area contributed by atoms with E-state index < -0.39 is 0 Å². The standard InChI is InChI=1S/C17H21N7O/c18-7-14-4-10-8-20-17(23-13-5-11(19)6-13)24-15(10)16(22-14)21-12-2-1-3-25-9-12/h4,8,11-13H,1-3,5-6,9,19H2,(H,21,22)(H,20,23,24). The molecule has 0 radical (unpaired) electrons. The number of fused-ring (bicyclic) bond motifs is 1. The number of pyridine rings is 1. The molecule has 8 heteroatoms. The first-order valence-electron chi connectivity index (χ1n) is 8.65. The van der Waals surface area contributed by atoms with E-state index in [-0.39, 0.29) is 12.1 Å². The van der Waals surface area contributed by atoms with Crippen LogP contribution in [0.5, 0.6) is 0 Å². The summed E-state index contributed by atoms with van der Waals surface area (Å²) in [5.74, 6) is 1.18. The van der Waals surface area contributed by atoms with Gasteiger partial charge in [0.25, 0.3) is 0 Å². The lowest BCUT2D eigenvalue weighted by Crippen LogP contribution is -2.44. The van der Waals surface area contributed by atoms with E-state index in [1.807, 2.05) is 0 Å². The van der Waals surface area contributed by atoms with Crippen molar-refractivity contribution in [3.63, 3.8) is 0 Å². The molecule has 2 aromatic rings. The summed E-state index contributed by atoms with van der Waals surface area (Å²) in [5.41, 5.74) is 6.89. The van der Waals surface area contributed by atoms with Crippen molar-refractivity contribution in [3.05, 3.63) is 18.0 Å². The van der Waals surface area contributed by atoms with Gasteiger partial charge in [0.05, 0.1) is 12.6 Å². The Labute approximate surface area is 145 Å². The average molecular weight is 339 g/mol. The number of anilines is 2. The zero-order chi connectivity index (χ0) is 17.2. The van der Waals surface area contributed by atoms with Gasteiger partial charge in [0.15, 0.2) is 5.82 Å². The van der Waals surface area contributed by atoms with Crippen LogP contribution in [0.3, 0.4) is 0 Å². The fraction of sp³-hybridized carbons (Fsp3) is 0.529. The predicted octanol–water partition coefficient (Wildman–Crippen LogP) is 1.39. The van der Waals surface area contributed by atoms with Crippen molar-refractivity contribution in [2.75, 3.05) is 23.8 Å². The highest BCUT2D eigenvalue weighted by atomic mass is 16.5. The summed E-state index contributed by atoms with van der Waals surface area (Å²) in [4.78, 5) is 13.4. The van der Waals surface area contributed by atoms with E-state index in [1.54, 1.807) is 12.3 Å². The summed E-state index contributed by atoms with van der Waals surface area (Å²) < 4.78 is 5.52. The Kier molecular flexibility index (Phi) is 4.34. The number of aromatic nitrogens is 3. The zero-order valence-corrected chi connectivity index (χ0v) is 13.9. The van der Waals surface area contributed by atoms with Crippen LogP contribution in [0.25, 0.3) is 10.9 Å². The van der Waals surface area contributed by atoms with Crippen molar-refractivity contribution in [2.45, 2.75) is 43.8 Å². The summed E-state index contributed by atoms with van der Waals surface area (Å²) in [6.07, 6.45) is 5.61. The molecule has 0 spiro atoms. The number of ether oxygens (including phenoxy) is 1. The molecular weight excluding hydrogens is 318 g/mol. The molecule has 1 aliphatic carbocycles. The Balaban J connectivity index is 1.64. The van der Waals surface area contributed by atoms with Crippen LogP contribution in [0.4, 0.5) is 11.8 Å². The van der Waals surface area contributed by atoms with Crippen molar-refractivity contribution in [2.24, 2.45) is 5.73 Å². The highest BCUT2D eigenvalue weighted by Crippen LogP contribution is 2.25. The molecule has 2 aromatic heterocycles. The third-order valence-corrected chi connectivity index (χ3v) is 4.69. The molecule has 1 unspecified atom stereocenters. The number of rotatable bonds is 4. The Morgan fingerprint density at radius 3 is 2.84 bits per heavy atom. The second-order valence-corrected chi connectivity index (χ2v) is 6.73. The van der Waals surface area contributed by atoms with Gasteiger partial charge in [0, 0.05) is 30.3 Å². The maximum Gasteiger partial charge on any atom is 0.223 e. The second-order valence-electron chi connectivity index (χ2n) is 6.73. The summed E-state index contributed by atoms with van der Waals surface area (Å²) in [7, 11) is 0. The third kappa shape index (κ3) is 3.48. The smallest absolute Gasteiger partial charge is 0.223 e. The predicted molar refractivity (Wildman–Crippen MR) is 94.1 cm³/mol. The first-order valence-corrected chi connectivity index (χ1v) is 8.65. The van der Waals surface area contributed by atoms with E-state index >= 15 is 0 Å². The van der Waals surface area contributed by atoms with Gasteiger partial charge in [-0.3, -0.25) is 0 Å². The minimum absolute atomic E-state index is 0.175. The summed E-state index contributed by atoms with van der Waals surface area (Å²) >= 11 is 0. The normalized spacial score (nSPS) is 25.8. The number of nitrogens with one attached hydrogen (secondary N) is 2. The lowest BCUT2D eigenvalue weighted by molar-refractivity contribution is 0.0875. The van der Waals surface area contributed by atoms with Gasteiger partial charge >= 0.3 is 0 Å². The second kappa shape index (κ2) is 6.78. The highest BCUT2D eigenvalue weighted by molar-refractivity contribution is 5.89. The molecule has 4 rings (SSSR count). The molecule has 1 saturated heterocycles. The highest BCUT2D eigenvalue weighted by Gasteiger charge is 2.26. The number of hydrogen-bond acceptors (Lipinski definition) is 8. The van der Waals surface area contributed by atoms with E-state index in [4.69, 9.17) is 10.5 Å². The van der Waals surface area contributed by atoms with Crippen LogP contribution in [0.15, 0.2) is 12.3 Å². The zero-order valence-electron chi connectivity index (χ0n) is 13.9. The molecule has 8 nitrogen and oxygen atoms in total. The van der Waals surface area contributed by atoms with Crippen LogP contribution in [-0.2, 0) is 4.74 Å². The molecule has 1 saturated carbocycles. The van der Waals surface area contributed by atoms with Crippen LogP contribution < -0.4 is 16.4 Å². The molecule has 0 aromatic carbocycles. The monoisotopic (exact) mass is 339 g/mol.